The van der Waals surface area contributed by atoms with E-state index in [1.54, 1.807) is 18.9 Å². The van der Waals surface area contributed by atoms with E-state index in [1.165, 1.54) is 11.3 Å². The highest BCUT2D eigenvalue weighted by atomic mass is 32.2. The molecule has 2 aromatic rings. The van der Waals surface area contributed by atoms with Crippen LogP contribution in [0.1, 0.15) is 38.2 Å². The third kappa shape index (κ3) is 6.19. The lowest BCUT2D eigenvalue weighted by Gasteiger charge is -2.02. The Balaban J connectivity index is 1.81. The predicted octanol–water partition coefficient (Wildman–Crippen LogP) is 4.36. The van der Waals surface area contributed by atoms with Crippen molar-refractivity contribution in [3.63, 3.8) is 0 Å². The van der Waals surface area contributed by atoms with Crippen LogP contribution in [0, 0.1) is 0 Å². The van der Waals surface area contributed by atoms with Gasteiger partial charge in [-0.15, -0.1) is 10.2 Å². The van der Waals surface area contributed by atoms with Gasteiger partial charge < -0.3 is 10.1 Å². The van der Waals surface area contributed by atoms with E-state index in [9.17, 15) is 4.79 Å². The van der Waals surface area contributed by atoms with Crippen molar-refractivity contribution in [2.75, 3.05) is 12.4 Å². The lowest BCUT2D eigenvalue weighted by atomic mass is 10.2. The fourth-order valence-electron chi connectivity index (χ4n) is 1.94. The molecule has 0 saturated carbocycles. The van der Waals surface area contributed by atoms with Crippen molar-refractivity contribution in [1.82, 2.24) is 10.2 Å². The summed E-state index contributed by atoms with van der Waals surface area (Å²) < 4.78 is 6.06. The molecular formula is C16H21N3O2S2. The second-order valence-electron chi connectivity index (χ2n) is 5.02. The van der Waals surface area contributed by atoms with Gasteiger partial charge in [0.15, 0.2) is 4.34 Å². The number of ether oxygens (including phenoxy) is 1. The second kappa shape index (κ2) is 9.52. The first-order chi connectivity index (χ1) is 11.2. The van der Waals surface area contributed by atoms with Crippen molar-refractivity contribution < 1.29 is 9.53 Å². The highest BCUT2D eigenvalue weighted by molar-refractivity contribution is 8.00. The highest BCUT2D eigenvalue weighted by Crippen LogP contribution is 2.29. The lowest BCUT2D eigenvalue weighted by molar-refractivity contribution is -0.116. The average molecular weight is 351 g/mol. The number of carbonyl (C=O) groups excluding carboxylic acids is 1. The quantitative estimate of drug-likeness (QED) is 0.413. The number of hydrogen-bond acceptors (Lipinski definition) is 6. The van der Waals surface area contributed by atoms with Gasteiger partial charge in [-0.05, 0) is 24.1 Å². The van der Waals surface area contributed by atoms with Crippen LogP contribution in [0.25, 0.3) is 0 Å². The number of aromatic nitrogens is 2. The van der Waals surface area contributed by atoms with Gasteiger partial charge in [0.05, 0.1) is 7.11 Å². The molecule has 0 bridgehead atoms. The Bertz CT molecular complexity index is 631. The maximum Gasteiger partial charge on any atom is 0.226 e. The molecule has 1 aromatic heterocycles. The molecule has 124 valence electrons. The van der Waals surface area contributed by atoms with Crippen LogP contribution in [0.2, 0.25) is 0 Å². The van der Waals surface area contributed by atoms with E-state index in [2.05, 4.69) is 22.4 Å². The predicted molar refractivity (Wildman–Crippen MR) is 95.2 cm³/mol. The van der Waals surface area contributed by atoms with E-state index in [0.29, 0.717) is 11.6 Å². The molecule has 0 radical (unpaired) electrons. The molecule has 0 fully saturated rings. The number of nitrogens with one attached hydrogen (secondary N) is 1. The van der Waals surface area contributed by atoms with Crippen molar-refractivity contribution in [2.24, 2.45) is 0 Å². The number of hydrogen-bond donors (Lipinski definition) is 1. The molecule has 5 nitrogen and oxygen atoms in total. The molecule has 1 aromatic carbocycles. The van der Waals surface area contributed by atoms with Gasteiger partial charge in [-0.1, -0.05) is 55.0 Å². The van der Waals surface area contributed by atoms with Crippen LogP contribution in [0.15, 0.2) is 28.6 Å². The van der Waals surface area contributed by atoms with Gasteiger partial charge in [0, 0.05) is 12.2 Å². The van der Waals surface area contributed by atoms with Crippen molar-refractivity contribution in [3.05, 3.63) is 29.8 Å². The zero-order chi connectivity index (χ0) is 16.5. The van der Waals surface area contributed by atoms with E-state index in [0.717, 1.165) is 40.7 Å². The topological polar surface area (TPSA) is 64.1 Å². The van der Waals surface area contributed by atoms with Crippen LogP contribution in [0.4, 0.5) is 5.13 Å². The minimum atomic E-state index is 0.0129. The number of carbonyl (C=O) groups is 1. The van der Waals surface area contributed by atoms with E-state index >= 15 is 0 Å². The summed E-state index contributed by atoms with van der Waals surface area (Å²) >= 11 is 3.01. The summed E-state index contributed by atoms with van der Waals surface area (Å²) in [4.78, 5) is 11.8. The fourth-order valence-corrected chi connectivity index (χ4v) is 3.65. The SMILES string of the molecule is CCCCCC(=O)Nc1nnc(SCc2cccc(OC)c2)s1. The van der Waals surface area contributed by atoms with E-state index in [1.807, 2.05) is 24.3 Å². The lowest BCUT2D eigenvalue weighted by Crippen LogP contribution is -2.10. The largest absolute Gasteiger partial charge is 0.497 e. The Morgan fingerprint density at radius 1 is 1.35 bits per heavy atom. The zero-order valence-electron chi connectivity index (χ0n) is 13.4. The van der Waals surface area contributed by atoms with Gasteiger partial charge in [-0.2, -0.15) is 0 Å². The number of thioether (sulfide) groups is 1. The van der Waals surface area contributed by atoms with Crippen LogP contribution in [0.3, 0.4) is 0 Å². The minimum Gasteiger partial charge on any atom is -0.497 e. The normalized spacial score (nSPS) is 10.5. The number of benzene rings is 1. The van der Waals surface area contributed by atoms with Crippen molar-refractivity contribution in [1.29, 1.82) is 0 Å². The smallest absolute Gasteiger partial charge is 0.226 e. The number of anilines is 1. The number of nitrogens with zero attached hydrogens (tertiary/aromatic N) is 2. The van der Waals surface area contributed by atoms with Crippen molar-refractivity contribution >= 4 is 34.1 Å². The number of methoxy groups -OCH3 is 1. The van der Waals surface area contributed by atoms with Crippen LogP contribution in [-0.2, 0) is 10.5 Å². The Morgan fingerprint density at radius 3 is 3.00 bits per heavy atom. The Kier molecular flexibility index (Phi) is 7.35. The maximum absolute atomic E-state index is 11.8. The summed E-state index contributed by atoms with van der Waals surface area (Å²) in [6, 6.07) is 7.94. The molecule has 0 spiro atoms. The molecule has 1 N–H and O–H groups in total. The minimum absolute atomic E-state index is 0.0129. The summed E-state index contributed by atoms with van der Waals surface area (Å²) in [5, 5.41) is 11.5. The standard InChI is InChI=1S/C16H21N3O2S2/c1-3-4-5-9-14(20)17-15-18-19-16(23-15)22-11-12-7-6-8-13(10-12)21-2/h6-8,10H,3-5,9,11H2,1-2H3,(H,17,18,20). The fraction of sp³-hybridized carbons (Fsp3) is 0.438. The molecule has 2 rings (SSSR count). The summed E-state index contributed by atoms with van der Waals surface area (Å²) in [5.41, 5.74) is 1.16. The van der Waals surface area contributed by atoms with Crippen molar-refractivity contribution in [2.45, 2.75) is 42.7 Å². The molecule has 0 aliphatic heterocycles. The molecular weight excluding hydrogens is 330 g/mol. The van der Waals surface area contributed by atoms with Crippen LogP contribution >= 0.6 is 23.1 Å². The third-order valence-corrected chi connectivity index (χ3v) is 5.20. The third-order valence-electron chi connectivity index (χ3n) is 3.16. The Morgan fingerprint density at radius 2 is 2.22 bits per heavy atom. The number of rotatable bonds is 9. The van der Waals surface area contributed by atoms with Gasteiger partial charge in [0.25, 0.3) is 0 Å². The maximum atomic E-state index is 11.8. The molecule has 1 heterocycles. The molecule has 7 heteroatoms. The molecule has 0 aliphatic rings. The summed E-state index contributed by atoms with van der Waals surface area (Å²) in [5.74, 6) is 1.65. The summed E-state index contributed by atoms with van der Waals surface area (Å²) in [7, 11) is 1.66. The van der Waals surface area contributed by atoms with E-state index in [4.69, 9.17) is 4.74 Å². The monoisotopic (exact) mass is 351 g/mol. The molecule has 0 saturated heterocycles. The van der Waals surface area contributed by atoms with Crippen LogP contribution in [-0.4, -0.2) is 23.2 Å². The Labute approximate surface area is 144 Å². The molecule has 1 amide bonds. The molecule has 0 unspecified atom stereocenters. The first-order valence-electron chi connectivity index (χ1n) is 7.60. The zero-order valence-corrected chi connectivity index (χ0v) is 15.0. The highest BCUT2D eigenvalue weighted by Gasteiger charge is 2.09. The van der Waals surface area contributed by atoms with Crippen LogP contribution in [0.5, 0.6) is 5.75 Å². The number of unbranched alkanes of at least 4 members (excludes halogenated alkanes) is 2. The molecule has 0 aliphatic carbocycles. The van der Waals surface area contributed by atoms with Gasteiger partial charge in [0.2, 0.25) is 11.0 Å². The van der Waals surface area contributed by atoms with Crippen LogP contribution < -0.4 is 10.1 Å². The second-order valence-corrected chi connectivity index (χ2v) is 7.22. The first kappa shape index (κ1) is 17.7. The summed E-state index contributed by atoms with van der Waals surface area (Å²) in [6.45, 7) is 2.12. The first-order valence-corrected chi connectivity index (χ1v) is 9.40. The Hall–Kier alpha value is -1.60. The van der Waals surface area contributed by atoms with Gasteiger partial charge in [-0.3, -0.25) is 4.79 Å². The average Bonchev–Trinajstić information content (AvgIpc) is 3.01. The molecule has 0 atom stereocenters. The van der Waals surface area contributed by atoms with Crippen molar-refractivity contribution in [3.8, 4) is 5.75 Å². The van der Waals surface area contributed by atoms with Gasteiger partial charge in [-0.25, -0.2) is 0 Å². The van der Waals surface area contributed by atoms with Gasteiger partial charge in [0.1, 0.15) is 5.75 Å². The molecule has 23 heavy (non-hydrogen) atoms. The van der Waals surface area contributed by atoms with E-state index < -0.39 is 0 Å². The summed E-state index contributed by atoms with van der Waals surface area (Å²) in [6.07, 6.45) is 3.64. The number of amides is 1. The van der Waals surface area contributed by atoms with Gasteiger partial charge >= 0.3 is 0 Å². The van der Waals surface area contributed by atoms with E-state index in [-0.39, 0.29) is 5.91 Å².